The summed E-state index contributed by atoms with van der Waals surface area (Å²) >= 11 is 1.77. The lowest BCUT2D eigenvalue weighted by atomic mass is 9.92. The van der Waals surface area contributed by atoms with Crippen molar-refractivity contribution in [1.82, 2.24) is 24.3 Å². The third-order valence-electron chi connectivity index (χ3n) is 5.70. The molecule has 3 heterocycles. The minimum atomic E-state index is 0.578. The number of nitrogens with zero attached hydrogens (tertiary/aromatic N) is 5. The fraction of sp³-hybridized carbons (Fsp3) is 0.647. The van der Waals surface area contributed by atoms with Crippen LogP contribution in [0.1, 0.15) is 30.0 Å². The van der Waals surface area contributed by atoms with E-state index in [4.69, 9.17) is 0 Å². The summed E-state index contributed by atoms with van der Waals surface area (Å²) in [6, 6.07) is 0.755. The van der Waals surface area contributed by atoms with Crippen molar-refractivity contribution in [2.75, 3.05) is 20.1 Å². The summed E-state index contributed by atoms with van der Waals surface area (Å²) < 4.78 is 2.13. The summed E-state index contributed by atoms with van der Waals surface area (Å²) in [7, 11) is 4.35. The number of thiazole rings is 1. The van der Waals surface area contributed by atoms with Crippen molar-refractivity contribution < 1.29 is 0 Å². The van der Waals surface area contributed by atoms with Gasteiger partial charge in [-0.3, -0.25) is 9.80 Å². The standard InChI is InChI=1S/C17H25N5S/c1-20(12-16-19-5-8-23-16)15-9-17(15)3-6-22(7-4-17)11-14-10-18-13-21(14)2/h5,8,10,13,15H,3-4,6-7,9,11-12H2,1-2H3/t15-/m1/s1. The molecular weight excluding hydrogens is 306 g/mol. The molecule has 0 unspecified atom stereocenters. The number of hydrogen-bond acceptors (Lipinski definition) is 5. The molecule has 6 heteroatoms. The summed E-state index contributed by atoms with van der Waals surface area (Å²) in [5, 5.41) is 3.31. The largest absolute Gasteiger partial charge is 0.337 e. The third-order valence-corrected chi connectivity index (χ3v) is 6.47. The Balaban J connectivity index is 1.29. The maximum absolute atomic E-state index is 4.42. The van der Waals surface area contributed by atoms with E-state index in [0.29, 0.717) is 5.41 Å². The molecule has 1 aliphatic heterocycles. The Morgan fingerprint density at radius 1 is 1.39 bits per heavy atom. The number of aryl methyl sites for hydroxylation is 1. The normalized spacial score (nSPS) is 23.7. The highest BCUT2D eigenvalue weighted by Crippen LogP contribution is 2.56. The first-order chi connectivity index (χ1) is 11.2. The van der Waals surface area contributed by atoms with Gasteiger partial charge in [0.1, 0.15) is 5.01 Å². The van der Waals surface area contributed by atoms with Gasteiger partial charge in [-0.15, -0.1) is 11.3 Å². The van der Waals surface area contributed by atoms with Crippen LogP contribution >= 0.6 is 11.3 Å². The molecule has 0 aromatic carbocycles. The van der Waals surface area contributed by atoms with Crippen LogP contribution in [0.15, 0.2) is 24.1 Å². The van der Waals surface area contributed by atoms with Gasteiger partial charge in [0.2, 0.25) is 0 Å². The minimum Gasteiger partial charge on any atom is -0.337 e. The van der Waals surface area contributed by atoms with Crippen molar-refractivity contribution in [2.45, 2.75) is 38.4 Å². The predicted octanol–water partition coefficient (Wildman–Crippen LogP) is 2.36. The molecule has 0 radical (unpaired) electrons. The molecule has 0 amide bonds. The van der Waals surface area contributed by atoms with Crippen LogP contribution in [0, 0.1) is 5.41 Å². The van der Waals surface area contributed by atoms with Gasteiger partial charge in [0.15, 0.2) is 0 Å². The molecule has 2 aromatic heterocycles. The smallest absolute Gasteiger partial charge is 0.107 e. The molecular formula is C17H25N5S. The molecule has 23 heavy (non-hydrogen) atoms. The highest BCUT2D eigenvalue weighted by atomic mass is 32.1. The van der Waals surface area contributed by atoms with Gasteiger partial charge in [0.05, 0.1) is 18.6 Å². The monoisotopic (exact) mass is 331 g/mol. The Hall–Kier alpha value is -1.24. The van der Waals surface area contributed by atoms with E-state index in [0.717, 1.165) is 19.1 Å². The molecule has 4 rings (SSSR count). The van der Waals surface area contributed by atoms with E-state index in [9.17, 15) is 0 Å². The Morgan fingerprint density at radius 2 is 2.22 bits per heavy atom. The summed E-state index contributed by atoms with van der Waals surface area (Å²) in [4.78, 5) is 13.8. The van der Waals surface area contributed by atoms with Gasteiger partial charge >= 0.3 is 0 Å². The minimum absolute atomic E-state index is 0.578. The van der Waals surface area contributed by atoms with E-state index in [1.807, 2.05) is 18.7 Å². The van der Waals surface area contributed by atoms with Crippen molar-refractivity contribution in [2.24, 2.45) is 12.5 Å². The zero-order valence-corrected chi connectivity index (χ0v) is 14.8. The van der Waals surface area contributed by atoms with E-state index in [-0.39, 0.29) is 0 Å². The zero-order chi connectivity index (χ0) is 15.9. The second kappa shape index (κ2) is 6.00. The Morgan fingerprint density at radius 3 is 2.87 bits per heavy atom. The Bertz CT molecular complexity index is 642. The Kier molecular flexibility index (Phi) is 3.99. The van der Waals surface area contributed by atoms with Crippen molar-refractivity contribution in [3.05, 3.63) is 34.8 Å². The average Bonchev–Trinajstić information content (AvgIpc) is 2.88. The molecule has 124 valence electrons. The topological polar surface area (TPSA) is 37.2 Å². The quantitative estimate of drug-likeness (QED) is 0.843. The number of aromatic nitrogens is 3. The van der Waals surface area contributed by atoms with E-state index in [1.54, 1.807) is 11.3 Å². The molecule has 0 N–H and O–H groups in total. The summed E-state index contributed by atoms with van der Waals surface area (Å²) in [5.41, 5.74) is 1.89. The number of rotatable bonds is 5. The van der Waals surface area contributed by atoms with Crippen LogP contribution in [0.2, 0.25) is 0 Å². The van der Waals surface area contributed by atoms with Gasteiger partial charge in [-0.05, 0) is 44.8 Å². The second-order valence-electron chi connectivity index (χ2n) is 7.20. The zero-order valence-electron chi connectivity index (χ0n) is 14.0. The summed E-state index contributed by atoms with van der Waals surface area (Å²) in [6.07, 6.45) is 9.83. The number of imidazole rings is 1. The lowest BCUT2D eigenvalue weighted by Gasteiger charge is -2.34. The fourth-order valence-corrected chi connectivity index (χ4v) is 4.74. The van der Waals surface area contributed by atoms with Crippen molar-refractivity contribution in [3.8, 4) is 0 Å². The predicted molar refractivity (Wildman–Crippen MR) is 92.1 cm³/mol. The molecule has 1 aliphatic carbocycles. The van der Waals surface area contributed by atoms with Gasteiger partial charge < -0.3 is 4.57 Å². The SMILES string of the molecule is CN(Cc1nccs1)[C@@H]1CC12CCN(Cc1cncn1C)CC2. The van der Waals surface area contributed by atoms with Crippen LogP contribution in [0.25, 0.3) is 0 Å². The average molecular weight is 331 g/mol. The first-order valence-corrected chi connectivity index (χ1v) is 9.30. The van der Waals surface area contributed by atoms with Gasteiger partial charge in [-0.25, -0.2) is 9.97 Å². The number of hydrogen-bond donors (Lipinski definition) is 0. The van der Waals surface area contributed by atoms with E-state index < -0.39 is 0 Å². The van der Waals surface area contributed by atoms with E-state index in [1.165, 1.54) is 43.1 Å². The van der Waals surface area contributed by atoms with Gasteiger partial charge in [0, 0.05) is 37.4 Å². The lowest BCUT2D eigenvalue weighted by Crippen LogP contribution is -2.37. The maximum Gasteiger partial charge on any atom is 0.107 e. The van der Waals surface area contributed by atoms with Gasteiger partial charge in [0.25, 0.3) is 0 Å². The molecule has 0 bridgehead atoms. The molecule has 2 aromatic rings. The molecule has 2 fully saturated rings. The van der Waals surface area contributed by atoms with Crippen LogP contribution in [-0.4, -0.2) is 50.5 Å². The highest BCUT2D eigenvalue weighted by Gasteiger charge is 2.56. The number of likely N-dealkylation sites (tertiary alicyclic amines) is 1. The molecule has 1 atom stereocenters. The van der Waals surface area contributed by atoms with Crippen molar-refractivity contribution >= 4 is 11.3 Å². The van der Waals surface area contributed by atoms with Crippen LogP contribution in [-0.2, 0) is 20.1 Å². The maximum atomic E-state index is 4.42. The van der Waals surface area contributed by atoms with Crippen molar-refractivity contribution in [1.29, 1.82) is 0 Å². The molecule has 1 saturated heterocycles. The third kappa shape index (κ3) is 3.07. The van der Waals surface area contributed by atoms with Crippen LogP contribution < -0.4 is 0 Å². The Labute approximate surface area is 142 Å². The first kappa shape index (κ1) is 15.3. The van der Waals surface area contributed by atoms with E-state index >= 15 is 0 Å². The molecule has 1 saturated carbocycles. The molecule has 5 nitrogen and oxygen atoms in total. The van der Waals surface area contributed by atoms with Crippen LogP contribution in [0.5, 0.6) is 0 Å². The first-order valence-electron chi connectivity index (χ1n) is 8.42. The summed E-state index contributed by atoms with van der Waals surface area (Å²) in [6.45, 7) is 4.47. The van der Waals surface area contributed by atoms with Crippen LogP contribution in [0.4, 0.5) is 0 Å². The van der Waals surface area contributed by atoms with Crippen molar-refractivity contribution in [3.63, 3.8) is 0 Å². The molecule has 2 aliphatic rings. The van der Waals surface area contributed by atoms with E-state index in [2.05, 4.69) is 43.8 Å². The molecule has 1 spiro atoms. The second-order valence-corrected chi connectivity index (χ2v) is 8.17. The van der Waals surface area contributed by atoms with Crippen LogP contribution in [0.3, 0.4) is 0 Å². The summed E-state index contributed by atoms with van der Waals surface area (Å²) in [5.74, 6) is 0. The fourth-order valence-electron chi connectivity index (χ4n) is 4.06. The number of piperidine rings is 1. The highest BCUT2D eigenvalue weighted by molar-refractivity contribution is 7.09. The van der Waals surface area contributed by atoms with Gasteiger partial charge in [-0.2, -0.15) is 0 Å². The lowest BCUT2D eigenvalue weighted by molar-refractivity contribution is 0.137. The van der Waals surface area contributed by atoms with Gasteiger partial charge in [-0.1, -0.05) is 0 Å².